The highest BCUT2D eigenvalue weighted by Gasteiger charge is 2.36. The lowest BCUT2D eigenvalue weighted by Gasteiger charge is -2.43. The van der Waals surface area contributed by atoms with Gasteiger partial charge in [0, 0.05) is 11.5 Å². The van der Waals surface area contributed by atoms with Crippen LogP contribution in [0.15, 0.2) is 0 Å². The predicted molar refractivity (Wildman–Crippen MR) is 64.3 cm³/mol. The average Bonchev–Trinajstić information content (AvgIpc) is 2.40. The summed E-state index contributed by atoms with van der Waals surface area (Å²) in [5, 5.41) is 18.7. The van der Waals surface area contributed by atoms with Gasteiger partial charge >= 0.3 is 0 Å². The zero-order chi connectivity index (χ0) is 11.4. The molecule has 3 heteroatoms. The van der Waals surface area contributed by atoms with Gasteiger partial charge in [0.25, 0.3) is 0 Å². The van der Waals surface area contributed by atoms with E-state index in [1.54, 1.807) is 0 Å². The molecule has 0 spiro atoms. The fourth-order valence-corrected chi connectivity index (χ4v) is 3.23. The molecule has 0 radical (unpaired) electrons. The highest BCUT2D eigenvalue weighted by atomic mass is 16.3. The average molecular weight is 227 g/mol. The minimum Gasteiger partial charge on any atom is -0.396 e. The van der Waals surface area contributed by atoms with Crippen LogP contribution in [-0.2, 0) is 0 Å². The number of aliphatic hydroxyl groups excluding tert-OH is 2. The summed E-state index contributed by atoms with van der Waals surface area (Å²) in [6.45, 7) is 2.82. The Morgan fingerprint density at radius 2 is 1.50 bits per heavy atom. The molecule has 0 unspecified atom stereocenters. The van der Waals surface area contributed by atoms with Crippen molar-refractivity contribution in [2.45, 2.75) is 51.0 Å². The molecule has 0 amide bonds. The Morgan fingerprint density at radius 1 is 0.938 bits per heavy atom. The van der Waals surface area contributed by atoms with Gasteiger partial charge in [-0.3, -0.25) is 0 Å². The molecular weight excluding hydrogens is 202 g/mol. The summed E-state index contributed by atoms with van der Waals surface area (Å²) < 4.78 is 0. The van der Waals surface area contributed by atoms with Gasteiger partial charge in [0.2, 0.25) is 0 Å². The van der Waals surface area contributed by atoms with Gasteiger partial charge in [-0.2, -0.15) is 0 Å². The first-order valence-electron chi connectivity index (χ1n) is 6.75. The Balaban J connectivity index is 1.84. The van der Waals surface area contributed by atoms with Gasteiger partial charge in [-0.05, 0) is 51.6 Å². The van der Waals surface area contributed by atoms with Gasteiger partial charge in [0.1, 0.15) is 0 Å². The molecule has 1 aliphatic heterocycles. The van der Waals surface area contributed by atoms with E-state index in [9.17, 15) is 10.2 Å². The monoisotopic (exact) mass is 227 g/mol. The van der Waals surface area contributed by atoms with Crippen LogP contribution < -0.4 is 0 Å². The maximum Gasteiger partial charge on any atom is 0.0509 e. The number of hydrogen-bond donors (Lipinski definition) is 2. The Labute approximate surface area is 98.5 Å². The zero-order valence-electron chi connectivity index (χ0n) is 10.2. The van der Waals surface area contributed by atoms with Crippen LogP contribution in [0, 0.1) is 5.41 Å². The summed E-state index contributed by atoms with van der Waals surface area (Å²) in [6, 6.07) is 0.714. The van der Waals surface area contributed by atoms with Crippen LogP contribution in [0.5, 0.6) is 0 Å². The van der Waals surface area contributed by atoms with Crippen LogP contribution in [0.1, 0.15) is 44.9 Å². The summed E-state index contributed by atoms with van der Waals surface area (Å²) in [5.41, 5.74) is -0.174. The molecule has 0 aromatic carbocycles. The van der Waals surface area contributed by atoms with Crippen LogP contribution in [0.2, 0.25) is 0 Å². The second kappa shape index (κ2) is 5.48. The van der Waals surface area contributed by atoms with Gasteiger partial charge in [-0.15, -0.1) is 0 Å². The van der Waals surface area contributed by atoms with E-state index in [1.807, 2.05) is 0 Å². The standard InChI is InChI=1S/C13H25NO2/c15-10-13(11-16)6-4-12(5-7-13)14-8-2-1-3-9-14/h12,15-16H,1-11H2. The predicted octanol–water partition coefficient (Wildman–Crippen LogP) is 1.39. The second-order valence-corrected chi connectivity index (χ2v) is 5.64. The van der Waals surface area contributed by atoms with Crippen molar-refractivity contribution in [3.8, 4) is 0 Å². The Bertz CT molecular complexity index is 200. The molecular formula is C13H25NO2. The van der Waals surface area contributed by atoms with Crippen LogP contribution >= 0.6 is 0 Å². The molecule has 1 aliphatic carbocycles. The minimum atomic E-state index is -0.174. The topological polar surface area (TPSA) is 43.7 Å². The van der Waals surface area contributed by atoms with Crippen molar-refractivity contribution in [3.05, 3.63) is 0 Å². The zero-order valence-corrected chi connectivity index (χ0v) is 10.2. The van der Waals surface area contributed by atoms with Crippen molar-refractivity contribution in [1.29, 1.82) is 0 Å². The highest BCUT2D eigenvalue weighted by molar-refractivity contribution is 4.89. The molecule has 0 aromatic rings. The van der Waals surface area contributed by atoms with Gasteiger partial charge in [0.15, 0.2) is 0 Å². The van der Waals surface area contributed by atoms with Crippen LogP contribution in [0.4, 0.5) is 0 Å². The van der Waals surface area contributed by atoms with Crippen molar-refractivity contribution in [1.82, 2.24) is 4.90 Å². The number of piperidine rings is 1. The lowest BCUT2D eigenvalue weighted by Crippen LogP contribution is -2.45. The first kappa shape index (κ1) is 12.3. The minimum absolute atomic E-state index is 0.149. The molecule has 1 heterocycles. The summed E-state index contributed by atoms with van der Waals surface area (Å²) in [7, 11) is 0. The molecule has 16 heavy (non-hydrogen) atoms. The van der Waals surface area contributed by atoms with E-state index in [4.69, 9.17) is 0 Å². The number of rotatable bonds is 3. The smallest absolute Gasteiger partial charge is 0.0509 e. The van der Waals surface area contributed by atoms with Crippen LogP contribution in [-0.4, -0.2) is 47.5 Å². The largest absolute Gasteiger partial charge is 0.396 e. The fourth-order valence-electron chi connectivity index (χ4n) is 3.23. The van der Waals surface area contributed by atoms with E-state index in [1.165, 1.54) is 32.4 Å². The molecule has 0 aromatic heterocycles. The van der Waals surface area contributed by atoms with Gasteiger partial charge in [-0.1, -0.05) is 6.42 Å². The first-order chi connectivity index (χ1) is 7.79. The van der Waals surface area contributed by atoms with E-state index < -0.39 is 0 Å². The van der Waals surface area contributed by atoms with Crippen molar-refractivity contribution in [3.63, 3.8) is 0 Å². The van der Waals surface area contributed by atoms with E-state index in [0.717, 1.165) is 25.7 Å². The van der Waals surface area contributed by atoms with E-state index in [0.29, 0.717) is 6.04 Å². The fraction of sp³-hybridized carbons (Fsp3) is 1.00. The molecule has 2 aliphatic rings. The molecule has 0 atom stereocenters. The highest BCUT2D eigenvalue weighted by Crippen LogP contribution is 2.37. The number of hydrogen-bond acceptors (Lipinski definition) is 3. The lowest BCUT2D eigenvalue weighted by molar-refractivity contribution is -0.00420. The van der Waals surface area contributed by atoms with E-state index >= 15 is 0 Å². The third-order valence-corrected chi connectivity index (χ3v) is 4.59. The molecule has 0 bridgehead atoms. The van der Waals surface area contributed by atoms with Crippen molar-refractivity contribution in [2.75, 3.05) is 26.3 Å². The maximum atomic E-state index is 9.36. The van der Waals surface area contributed by atoms with Crippen molar-refractivity contribution < 1.29 is 10.2 Å². The number of nitrogens with zero attached hydrogens (tertiary/aromatic N) is 1. The van der Waals surface area contributed by atoms with E-state index in [2.05, 4.69) is 4.90 Å². The van der Waals surface area contributed by atoms with Gasteiger partial charge in [0.05, 0.1) is 13.2 Å². The summed E-state index contributed by atoms with van der Waals surface area (Å²) in [6.07, 6.45) is 8.37. The quantitative estimate of drug-likeness (QED) is 0.765. The molecule has 2 rings (SSSR count). The van der Waals surface area contributed by atoms with Crippen LogP contribution in [0.3, 0.4) is 0 Å². The number of likely N-dealkylation sites (tertiary alicyclic amines) is 1. The molecule has 1 saturated heterocycles. The molecule has 2 fully saturated rings. The Morgan fingerprint density at radius 3 is 2.00 bits per heavy atom. The molecule has 94 valence electrons. The summed E-state index contributed by atoms with van der Waals surface area (Å²) >= 11 is 0. The SMILES string of the molecule is OCC1(CO)CCC(N2CCCCC2)CC1. The third kappa shape index (κ3) is 2.58. The third-order valence-electron chi connectivity index (χ3n) is 4.59. The van der Waals surface area contributed by atoms with E-state index in [-0.39, 0.29) is 18.6 Å². The van der Waals surface area contributed by atoms with Gasteiger partial charge in [-0.25, -0.2) is 0 Å². The Kier molecular flexibility index (Phi) is 4.22. The normalized spacial score (nSPS) is 28.1. The molecule has 3 nitrogen and oxygen atoms in total. The Hall–Kier alpha value is -0.120. The van der Waals surface area contributed by atoms with Gasteiger partial charge < -0.3 is 15.1 Å². The first-order valence-corrected chi connectivity index (χ1v) is 6.75. The maximum absolute atomic E-state index is 9.36. The molecule has 1 saturated carbocycles. The molecule has 2 N–H and O–H groups in total. The summed E-state index contributed by atoms with van der Waals surface area (Å²) in [5.74, 6) is 0. The second-order valence-electron chi connectivity index (χ2n) is 5.64. The lowest BCUT2D eigenvalue weighted by atomic mass is 9.73. The number of aliphatic hydroxyl groups is 2. The van der Waals surface area contributed by atoms with Crippen LogP contribution in [0.25, 0.3) is 0 Å². The summed E-state index contributed by atoms with van der Waals surface area (Å²) in [4.78, 5) is 2.63. The van der Waals surface area contributed by atoms with Crippen molar-refractivity contribution >= 4 is 0 Å². The van der Waals surface area contributed by atoms with Crippen molar-refractivity contribution in [2.24, 2.45) is 5.41 Å².